The molecule has 3 aromatic carbocycles. The van der Waals surface area contributed by atoms with Crippen molar-refractivity contribution < 1.29 is 4.79 Å². The first-order chi connectivity index (χ1) is 18.6. The Bertz CT molecular complexity index is 1600. The molecule has 0 saturated carbocycles. The van der Waals surface area contributed by atoms with E-state index in [1.807, 2.05) is 42.5 Å². The number of rotatable bonds is 11. The molecule has 0 spiro atoms. The predicted octanol–water partition coefficient (Wildman–Crippen LogP) is 6.20. The molecule has 0 aliphatic heterocycles. The number of nitrogens with one attached hydrogen (secondary N) is 4. The van der Waals surface area contributed by atoms with Crippen LogP contribution in [0, 0.1) is 11.3 Å². The molecule has 2 aromatic heterocycles. The highest BCUT2D eigenvalue weighted by Crippen LogP contribution is 2.30. The zero-order valence-corrected chi connectivity index (χ0v) is 21.7. The van der Waals surface area contributed by atoms with E-state index >= 15 is 0 Å². The Labute approximate surface area is 226 Å². The maximum Gasteiger partial charge on any atom is 0.220 e. The third-order valence-corrected chi connectivity index (χ3v) is 6.93. The number of amides is 1. The highest BCUT2D eigenvalue weighted by Gasteiger charge is 2.13. The number of hydrogen-bond acceptors (Lipinski definition) is 4. The second kappa shape index (κ2) is 12.0. The molecule has 0 unspecified atom stereocenters. The van der Waals surface area contributed by atoms with E-state index in [0.717, 1.165) is 71.1 Å². The smallest absolute Gasteiger partial charge is 0.220 e. The molecule has 5 rings (SSSR count). The molecule has 0 aliphatic rings. The van der Waals surface area contributed by atoms with Gasteiger partial charge in [0.2, 0.25) is 5.91 Å². The summed E-state index contributed by atoms with van der Waals surface area (Å²) >= 11 is 5.90. The zero-order valence-electron chi connectivity index (χ0n) is 21.0. The summed E-state index contributed by atoms with van der Waals surface area (Å²) in [6.07, 6.45) is 3.43. The molecule has 2 heterocycles. The summed E-state index contributed by atoms with van der Waals surface area (Å²) in [6.45, 7) is 2.19. The van der Waals surface area contributed by atoms with Gasteiger partial charge in [-0.1, -0.05) is 42.3 Å². The Morgan fingerprint density at radius 2 is 1.82 bits per heavy atom. The summed E-state index contributed by atoms with van der Waals surface area (Å²) in [5.74, 6) is 0.0815. The molecule has 5 aromatic rings. The molecule has 1 amide bonds. The second-order valence-corrected chi connectivity index (χ2v) is 9.83. The molecule has 0 bridgehead atoms. The van der Waals surface area contributed by atoms with Crippen molar-refractivity contribution in [1.29, 1.82) is 5.26 Å². The van der Waals surface area contributed by atoms with Gasteiger partial charge in [-0.25, -0.2) is 0 Å². The van der Waals surface area contributed by atoms with Crippen LogP contribution in [0.25, 0.3) is 33.2 Å². The van der Waals surface area contributed by atoms with Gasteiger partial charge in [0.15, 0.2) is 0 Å². The molecule has 38 heavy (non-hydrogen) atoms. The van der Waals surface area contributed by atoms with Crippen molar-refractivity contribution in [2.24, 2.45) is 0 Å². The molecule has 0 radical (unpaired) electrons. The number of aromatic amines is 2. The quantitative estimate of drug-likeness (QED) is 0.154. The SMILES string of the molecule is N#Cc1ccc2c(-c3cc4c(CNCCCCCC(=O)NCc5ccc(Cl)cc5)cccc4[nH]3)n[nH]c2c1. The Kier molecular flexibility index (Phi) is 8.03. The number of aromatic nitrogens is 3. The Morgan fingerprint density at radius 3 is 2.66 bits per heavy atom. The van der Waals surface area contributed by atoms with Gasteiger partial charge in [0.25, 0.3) is 0 Å². The van der Waals surface area contributed by atoms with Crippen LogP contribution in [0.15, 0.2) is 66.7 Å². The molecule has 192 valence electrons. The van der Waals surface area contributed by atoms with E-state index in [2.05, 4.69) is 56.1 Å². The van der Waals surface area contributed by atoms with Gasteiger partial charge in [-0.15, -0.1) is 0 Å². The number of carbonyl (C=O) groups excluding carboxylic acids is 1. The van der Waals surface area contributed by atoms with Crippen molar-refractivity contribution in [3.8, 4) is 17.5 Å². The van der Waals surface area contributed by atoms with Crippen LogP contribution in [0.2, 0.25) is 5.02 Å². The van der Waals surface area contributed by atoms with Crippen LogP contribution >= 0.6 is 11.6 Å². The molecular weight excluding hydrogens is 496 g/mol. The van der Waals surface area contributed by atoms with Crippen LogP contribution in [0.5, 0.6) is 0 Å². The lowest BCUT2D eigenvalue weighted by atomic mass is 10.1. The highest BCUT2D eigenvalue weighted by atomic mass is 35.5. The molecule has 4 N–H and O–H groups in total. The van der Waals surface area contributed by atoms with E-state index in [1.54, 1.807) is 0 Å². The van der Waals surface area contributed by atoms with E-state index in [9.17, 15) is 4.79 Å². The van der Waals surface area contributed by atoms with Crippen LogP contribution in [-0.4, -0.2) is 27.6 Å². The standard InChI is InChI=1S/C30H29ClN6O/c31-23-11-8-20(9-12-23)18-34-29(38)7-2-1-3-14-33-19-22-5-4-6-26-25(22)16-28(35-26)30-24-13-10-21(17-32)15-27(24)36-37-30/h4-6,8-13,15-16,33,35H,1-3,7,14,18-19H2,(H,34,38)(H,36,37). The summed E-state index contributed by atoms with van der Waals surface area (Å²) in [6, 6.07) is 23.7. The first-order valence-electron chi connectivity index (χ1n) is 12.8. The lowest BCUT2D eigenvalue weighted by Gasteiger charge is -2.07. The van der Waals surface area contributed by atoms with Gasteiger partial charge in [-0.3, -0.25) is 9.89 Å². The average molecular weight is 525 g/mol. The van der Waals surface area contributed by atoms with Gasteiger partial charge >= 0.3 is 0 Å². The summed E-state index contributed by atoms with van der Waals surface area (Å²) in [7, 11) is 0. The van der Waals surface area contributed by atoms with Crippen LogP contribution in [0.4, 0.5) is 0 Å². The van der Waals surface area contributed by atoms with Crippen LogP contribution in [0.3, 0.4) is 0 Å². The van der Waals surface area contributed by atoms with Gasteiger partial charge in [-0.05, 0) is 73.0 Å². The molecule has 7 nitrogen and oxygen atoms in total. The largest absolute Gasteiger partial charge is 0.353 e. The number of carbonyl (C=O) groups is 1. The zero-order chi connectivity index (χ0) is 26.3. The van der Waals surface area contributed by atoms with Crippen LogP contribution < -0.4 is 10.6 Å². The third kappa shape index (κ3) is 6.05. The fourth-order valence-corrected chi connectivity index (χ4v) is 4.75. The molecule has 8 heteroatoms. The van der Waals surface area contributed by atoms with Gasteiger partial charge < -0.3 is 15.6 Å². The average Bonchev–Trinajstić information content (AvgIpc) is 3.56. The Balaban J connectivity index is 1.08. The topological polar surface area (TPSA) is 109 Å². The predicted molar refractivity (Wildman–Crippen MR) is 152 cm³/mol. The minimum Gasteiger partial charge on any atom is -0.353 e. The van der Waals surface area contributed by atoms with E-state index in [4.69, 9.17) is 16.9 Å². The Morgan fingerprint density at radius 1 is 0.947 bits per heavy atom. The van der Waals surface area contributed by atoms with Crippen molar-refractivity contribution in [3.05, 3.63) is 88.4 Å². The van der Waals surface area contributed by atoms with E-state index < -0.39 is 0 Å². The molecule has 0 aliphatic carbocycles. The highest BCUT2D eigenvalue weighted by molar-refractivity contribution is 6.30. The third-order valence-electron chi connectivity index (χ3n) is 6.68. The minimum atomic E-state index is 0.0815. The minimum absolute atomic E-state index is 0.0815. The number of benzene rings is 3. The van der Waals surface area contributed by atoms with Gasteiger partial charge in [0.05, 0.1) is 22.8 Å². The first-order valence-corrected chi connectivity index (χ1v) is 13.2. The molecular formula is C30H29ClN6O. The van der Waals surface area contributed by atoms with Crippen LogP contribution in [-0.2, 0) is 17.9 Å². The van der Waals surface area contributed by atoms with Crippen molar-refractivity contribution in [2.45, 2.75) is 38.8 Å². The number of hydrogen-bond donors (Lipinski definition) is 4. The van der Waals surface area contributed by atoms with E-state index in [-0.39, 0.29) is 5.91 Å². The number of nitrogens with zero attached hydrogens (tertiary/aromatic N) is 2. The van der Waals surface area contributed by atoms with Gasteiger partial charge in [-0.2, -0.15) is 10.4 Å². The molecule has 0 atom stereocenters. The second-order valence-electron chi connectivity index (χ2n) is 9.40. The van der Waals surface area contributed by atoms with Crippen molar-refractivity contribution >= 4 is 39.3 Å². The maximum absolute atomic E-state index is 12.1. The van der Waals surface area contributed by atoms with E-state index in [1.165, 1.54) is 5.56 Å². The normalized spacial score (nSPS) is 11.2. The summed E-state index contributed by atoms with van der Waals surface area (Å²) in [5, 5.41) is 26.0. The van der Waals surface area contributed by atoms with Crippen molar-refractivity contribution in [2.75, 3.05) is 6.54 Å². The summed E-state index contributed by atoms with van der Waals surface area (Å²) in [5.41, 5.74) is 6.57. The van der Waals surface area contributed by atoms with Crippen molar-refractivity contribution in [3.63, 3.8) is 0 Å². The first kappa shape index (κ1) is 25.5. The summed E-state index contributed by atoms with van der Waals surface area (Å²) < 4.78 is 0. The fraction of sp³-hybridized carbons (Fsp3) is 0.233. The number of nitriles is 1. The van der Waals surface area contributed by atoms with Crippen LogP contribution in [0.1, 0.15) is 42.4 Å². The number of unbranched alkanes of at least 4 members (excludes halogenated alkanes) is 2. The van der Waals surface area contributed by atoms with Gasteiger partial charge in [0, 0.05) is 40.8 Å². The fourth-order valence-electron chi connectivity index (χ4n) is 4.62. The number of fused-ring (bicyclic) bond motifs is 2. The van der Waals surface area contributed by atoms with Gasteiger partial charge in [0.1, 0.15) is 5.69 Å². The number of halogens is 1. The van der Waals surface area contributed by atoms with E-state index in [0.29, 0.717) is 23.6 Å². The lowest BCUT2D eigenvalue weighted by Crippen LogP contribution is -2.22. The lowest BCUT2D eigenvalue weighted by molar-refractivity contribution is -0.121. The summed E-state index contributed by atoms with van der Waals surface area (Å²) in [4.78, 5) is 15.6. The number of H-pyrrole nitrogens is 2. The Hall–Kier alpha value is -4.12. The molecule has 0 saturated heterocycles. The molecule has 0 fully saturated rings. The monoisotopic (exact) mass is 524 g/mol. The maximum atomic E-state index is 12.1. The van der Waals surface area contributed by atoms with Crippen molar-refractivity contribution in [1.82, 2.24) is 25.8 Å².